The van der Waals surface area contributed by atoms with Crippen LogP contribution in [0.15, 0.2) is 6.20 Å². The topological polar surface area (TPSA) is 81.5 Å². The molecule has 1 N–H and O–H groups in total. The molecular formula is C18H29N5O3. The maximum Gasteiger partial charge on any atom is 0.223 e. The molecule has 1 aromatic rings. The Hall–Kier alpha value is -1.51. The van der Waals surface area contributed by atoms with Crippen molar-refractivity contribution in [3.05, 3.63) is 11.9 Å². The Kier molecular flexibility index (Phi) is 5.24. The first-order valence-corrected chi connectivity index (χ1v) is 9.71. The quantitative estimate of drug-likeness (QED) is 0.831. The molecule has 0 radical (unpaired) electrons. The van der Waals surface area contributed by atoms with Crippen LogP contribution in [0.2, 0.25) is 0 Å². The average Bonchev–Trinajstić information content (AvgIpc) is 3.33. The Morgan fingerprint density at radius 3 is 2.77 bits per heavy atom. The molecule has 2 saturated heterocycles. The van der Waals surface area contributed by atoms with Gasteiger partial charge in [0.2, 0.25) is 5.91 Å². The second-order valence-electron chi connectivity index (χ2n) is 8.04. The van der Waals surface area contributed by atoms with Crippen LogP contribution in [-0.4, -0.2) is 71.4 Å². The van der Waals surface area contributed by atoms with Gasteiger partial charge in [-0.1, -0.05) is 24.5 Å². The van der Waals surface area contributed by atoms with Crippen molar-refractivity contribution in [2.75, 3.05) is 27.3 Å². The zero-order valence-corrected chi connectivity index (χ0v) is 15.6. The van der Waals surface area contributed by atoms with E-state index in [1.54, 1.807) is 0 Å². The van der Waals surface area contributed by atoms with Crippen LogP contribution in [0.3, 0.4) is 0 Å². The lowest BCUT2D eigenvalue weighted by Gasteiger charge is -2.24. The van der Waals surface area contributed by atoms with E-state index in [0.717, 1.165) is 37.9 Å². The molecule has 8 heteroatoms. The van der Waals surface area contributed by atoms with Gasteiger partial charge in [-0.15, -0.1) is 5.10 Å². The van der Waals surface area contributed by atoms with Gasteiger partial charge in [-0.05, 0) is 26.9 Å². The highest BCUT2D eigenvalue weighted by Crippen LogP contribution is 2.34. The van der Waals surface area contributed by atoms with E-state index in [-0.39, 0.29) is 36.1 Å². The van der Waals surface area contributed by atoms with E-state index in [2.05, 4.69) is 20.5 Å². The van der Waals surface area contributed by atoms with Gasteiger partial charge in [0, 0.05) is 12.5 Å². The SMILES string of the molecule is CN(C)Cc1cn([C@@H]2CO[C@@H]3[C@@H]2OC[C@@H]3NC(=O)C2CCCCC2)nn1. The fourth-order valence-corrected chi connectivity index (χ4v) is 4.37. The molecule has 4 rings (SSSR count). The highest BCUT2D eigenvalue weighted by atomic mass is 16.6. The largest absolute Gasteiger partial charge is 0.371 e. The molecule has 144 valence electrons. The van der Waals surface area contributed by atoms with Crippen LogP contribution in [0.1, 0.15) is 43.8 Å². The summed E-state index contributed by atoms with van der Waals surface area (Å²) >= 11 is 0. The summed E-state index contributed by atoms with van der Waals surface area (Å²) in [6, 6.07) is -0.0517. The van der Waals surface area contributed by atoms with Crippen molar-refractivity contribution in [1.82, 2.24) is 25.2 Å². The predicted molar refractivity (Wildman–Crippen MR) is 94.4 cm³/mol. The molecule has 0 unspecified atom stereocenters. The summed E-state index contributed by atoms with van der Waals surface area (Å²) in [5, 5.41) is 11.7. The summed E-state index contributed by atoms with van der Waals surface area (Å²) in [5.41, 5.74) is 0.929. The number of hydrogen-bond donors (Lipinski definition) is 1. The van der Waals surface area contributed by atoms with Gasteiger partial charge < -0.3 is 19.7 Å². The Balaban J connectivity index is 1.36. The van der Waals surface area contributed by atoms with Crippen LogP contribution in [0.4, 0.5) is 0 Å². The summed E-state index contributed by atoms with van der Waals surface area (Å²) < 4.78 is 13.8. The normalized spacial score (nSPS) is 32.1. The van der Waals surface area contributed by atoms with Crippen molar-refractivity contribution in [2.24, 2.45) is 5.92 Å². The first-order valence-electron chi connectivity index (χ1n) is 9.71. The van der Waals surface area contributed by atoms with Gasteiger partial charge in [0.1, 0.15) is 18.2 Å². The van der Waals surface area contributed by atoms with Crippen LogP contribution < -0.4 is 5.32 Å². The highest BCUT2D eigenvalue weighted by molar-refractivity contribution is 5.79. The molecule has 1 aliphatic carbocycles. The van der Waals surface area contributed by atoms with Gasteiger partial charge in [0.15, 0.2) is 0 Å². The van der Waals surface area contributed by atoms with E-state index in [1.807, 2.05) is 25.0 Å². The number of carbonyl (C=O) groups is 1. The first kappa shape index (κ1) is 17.9. The van der Waals surface area contributed by atoms with E-state index in [9.17, 15) is 4.79 Å². The number of nitrogens with zero attached hydrogens (tertiary/aromatic N) is 4. The molecule has 26 heavy (non-hydrogen) atoms. The lowest BCUT2D eigenvalue weighted by Crippen LogP contribution is -2.46. The lowest BCUT2D eigenvalue weighted by atomic mass is 9.88. The Morgan fingerprint density at radius 1 is 1.23 bits per heavy atom. The molecule has 3 fully saturated rings. The summed E-state index contributed by atoms with van der Waals surface area (Å²) in [6.45, 7) is 1.79. The van der Waals surface area contributed by atoms with Crippen molar-refractivity contribution in [3.8, 4) is 0 Å². The standard InChI is InChI=1S/C18H29N5O3/c1-22(2)8-13-9-23(21-20-13)15-11-26-16-14(10-25-17(15)16)19-18(24)12-6-4-3-5-7-12/h9,12,14-17H,3-8,10-11H2,1-2H3,(H,19,24)/t14-,15+,16-,17+/m0/s1. The van der Waals surface area contributed by atoms with Crippen molar-refractivity contribution in [1.29, 1.82) is 0 Å². The average molecular weight is 363 g/mol. The third-order valence-electron chi connectivity index (χ3n) is 5.71. The molecule has 3 heterocycles. The Labute approximate surface area is 154 Å². The van der Waals surface area contributed by atoms with Crippen LogP contribution >= 0.6 is 0 Å². The van der Waals surface area contributed by atoms with E-state index in [0.29, 0.717) is 13.2 Å². The minimum Gasteiger partial charge on any atom is -0.371 e. The fraction of sp³-hybridized carbons (Fsp3) is 0.833. The van der Waals surface area contributed by atoms with Crippen LogP contribution in [0, 0.1) is 5.92 Å². The minimum absolute atomic E-state index is 0.0139. The van der Waals surface area contributed by atoms with E-state index in [4.69, 9.17) is 9.47 Å². The molecule has 0 spiro atoms. The number of amides is 1. The van der Waals surface area contributed by atoms with Crippen molar-refractivity contribution < 1.29 is 14.3 Å². The third kappa shape index (κ3) is 3.63. The first-order chi connectivity index (χ1) is 12.6. The second kappa shape index (κ2) is 7.62. The smallest absolute Gasteiger partial charge is 0.223 e. The Morgan fingerprint density at radius 2 is 2.00 bits per heavy atom. The highest BCUT2D eigenvalue weighted by Gasteiger charge is 2.49. The molecule has 0 bridgehead atoms. The molecule has 1 aromatic heterocycles. The fourth-order valence-electron chi connectivity index (χ4n) is 4.37. The maximum absolute atomic E-state index is 12.5. The number of hydrogen-bond acceptors (Lipinski definition) is 6. The van der Waals surface area contributed by atoms with Crippen LogP contribution in [-0.2, 0) is 20.8 Å². The van der Waals surface area contributed by atoms with Gasteiger partial charge in [-0.2, -0.15) is 0 Å². The summed E-state index contributed by atoms with van der Waals surface area (Å²) in [7, 11) is 4.01. The van der Waals surface area contributed by atoms with E-state index < -0.39 is 0 Å². The van der Waals surface area contributed by atoms with Crippen molar-refractivity contribution in [3.63, 3.8) is 0 Å². The number of nitrogens with one attached hydrogen (secondary N) is 1. The summed E-state index contributed by atoms with van der Waals surface area (Å²) in [4.78, 5) is 14.6. The van der Waals surface area contributed by atoms with Crippen molar-refractivity contribution >= 4 is 5.91 Å². The number of fused-ring (bicyclic) bond motifs is 1. The predicted octanol–water partition coefficient (Wildman–Crippen LogP) is 0.743. The van der Waals surface area contributed by atoms with Gasteiger partial charge >= 0.3 is 0 Å². The Bertz CT molecular complexity index is 628. The van der Waals surface area contributed by atoms with E-state index >= 15 is 0 Å². The number of carbonyl (C=O) groups excluding carboxylic acids is 1. The number of aromatic nitrogens is 3. The van der Waals surface area contributed by atoms with E-state index in [1.165, 1.54) is 6.42 Å². The second-order valence-corrected chi connectivity index (χ2v) is 8.04. The molecule has 3 aliphatic rings. The maximum atomic E-state index is 12.5. The zero-order chi connectivity index (χ0) is 18.1. The van der Waals surface area contributed by atoms with Crippen LogP contribution in [0.5, 0.6) is 0 Å². The number of rotatable bonds is 5. The monoisotopic (exact) mass is 363 g/mol. The third-order valence-corrected chi connectivity index (χ3v) is 5.71. The molecule has 2 aliphatic heterocycles. The van der Waals surface area contributed by atoms with Gasteiger partial charge in [0.25, 0.3) is 0 Å². The molecule has 1 saturated carbocycles. The summed E-state index contributed by atoms with van der Waals surface area (Å²) in [6.07, 6.45) is 7.36. The minimum atomic E-state index is -0.103. The molecule has 8 nitrogen and oxygen atoms in total. The molecular weight excluding hydrogens is 334 g/mol. The van der Waals surface area contributed by atoms with Gasteiger partial charge in [-0.25, -0.2) is 4.68 Å². The van der Waals surface area contributed by atoms with Crippen molar-refractivity contribution in [2.45, 2.75) is 62.9 Å². The molecule has 1 amide bonds. The van der Waals surface area contributed by atoms with Gasteiger partial charge in [0.05, 0.1) is 31.1 Å². The van der Waals surface area contributed by atoms with Gasteiger partial charge in [-0.3, -0.25) is 4.79 Å². The lowest BCUT2D eigenvalue weighted by molar-refractivity contribution is -0.127. The summed E-state index contributed by atoms with van der Waals surface area (Å²) in [5.74, 6) is 0.323. The molecule has 0 aromatic carbocycles. The molecule has 4 atom stereocenters. The van der Waals surface area contributed by atoms with Crippen LogP contribution in [0.25, 0.3) is 0 Å². The number of ether oxygens (including phenoxy) is 2. The zero-order valence-electron chi connectivity index (χ0n) is 15.6.